The predicted molar refractivity (Wildman–Crippen MR) is 65.9 cm³/mol. The Morgan fingerprint density at radius 3 is 2.67 bits per heavy atom. The van der Waals surface area contributed by atoms with E-state index in [4.69, 9.17) is 5.11 Å². The van der Waals surface area contributed by atoms with Gasteiger partial charge in [-0.2, -0.15) is 5.10 Å². The van der Waals surface area contributed by atoms with E-state index in [1.54, 1.807) is 23.4 Å². The molecule has 0 aliphatic heterocycles. The second kappa shape index (κ2) is 6.78. The maximum atomic E-state index is 12.0. The van der Waals surface area contributed by atoms with Crippen LogP contribution in [0.25, 0.3) is 0 Å². The van der Waals surface area contributed by atoms with E-state index < -0.39 is 5.97 Å². The molecule has 6 heteroatoms. The molecule has 6 nitrogen and oxygen atoms in total. The highest BCUT2D eigenvalue weighted by Gasteiger charge is 2.16. The van der Waals surface area contributed by atoms with E-state index in [1.807, 2.05) is 13.8 Å². The highest BCUT2D eigenvalue weighted by molar-refractivity contribution is 5.76. The Kier molecular flexibility index (Phi) is 5.35. The minimum atomic E-state index is -0.893. The van der Waals surface area contributed by atoms with Gasteiger partial charge in [0.1, 0.15) is 6.54 Å². The average Bonchev–Trinajstić information content (AvgIpc) is 2.76. The molecule has 0 atom stereocenters. The highest BCUT2D eigenvalue weighted by atomic mass is 16.4. The van der Waals surface area contributed by atoms with Crippen LogP contribution in [0.1, 0.15) is 20.3 Å². The summed E-state index contributed by atoms with van der Waals surface area (Å²) in [6.45, 7) is 4.95. The SMILES string of the molecule is CC(C)CN(CCC(=O)O)C(=O)Cn1cccn1. The van der Waals surface area contributed by atoms with Gasteiger partial charge in [-0.1, -0.05) is 13.8 Å². The van der Waals surface area contributed by atoms with Crippen LogP contribution < -0.4 is 0 Å². The van der Waals surface area contributed by atoms with Crippen LogP contribution >= 0.6 is 0 Å². The molecular weight excluding hydrogens is 234 g/mol. The van der Waals surface area contributed by atoms with Crippen molar-refractivity contribution in [3.8, 4) is 0 Å². The highest BCUT2D eigenvalue weighted by Crippen LogP contribution is 2.02. The Morgan fingerprint density at radius 1 is 1.44 bits per heavy atom. The molecule has 1 aromatic heterocycles. The number of amides is 1. The van der Waals surface area contributed by atoms with Crippen molar-refractivity contribution in [3.63, 3.8) is 0 Å². The van der Waals surface area contributed by atoms with Crippen molar-refractivity contribution in [2.45, 2.75) is 26.8 Å². The Balaban J connectivity index is 2.57. The summed E-state index contributed by atoms with van der Waals surface area (Å²) >= 11 is 0. The zero-order valence-electron chi connectivity index (χ0n) is 10.7. The average molecular weight is 253 g/mol. The van der Waals surface area contributed by atoms with Gasteiger partial charge in [0.15, 0.2) is 0 Å². The first-order valence-corrected chi connectivity index (χ1v) is 5.96. The molecular formula is C12H19N3O3. The largest absolute Gasteiger partial charge is 0.481 e. The van der Waals surface area contributed by atoms with Gasteiger partial charge in [-0.3, -0.25) is 14.3 Å². The third kappa shape index (κ3) is 4.99. The molecule has 0 saturated heterocycles. The summed E-state index contributed by atoms with van der Waals surface area (Å²) in [7, 11) is 0. The number of hydrogen-bond donors (Lipinski definition) is 1. The second-order valence-corrected chi connectivity index (χ2v) is 4.58. The molecule has 0 bridgehead atoms. The Hall–Kier alpha value is -1.85. The van der Waals surface area contributed by atoms with Gasteiger partial charge in [0.25, 0.3) is 0 Å². The number of hydrogen-bond acceptors (Lipinski definition) is 3. The van der Waals surface area contributed by atoms with Gasteiger partial charge in [-0.15, -0.1) is 0 Å². The molecule has 1 N–H and O–H groups in total. The third-order valence-corrected chi connectivity index (χ3v) is 2.39. The lowest BCUT2D eigenvalue weighted by Crippen LogP contribution is -2.38. The summed E-state index contributed by atoms with van der Waals surface area (Å²) in [6.07, 6.45) is 3.29. The lowest BCUT2D eigenvalue weighted by Gasteiger charge is -2.24. The number of carbonyl (C=O) groups is 2. The van der Waals surface area contributed by atoms with E-state index >= 15 is 0 Å². The standard InChI is InChI=1S/C12H19N3O3/c1-10(2)8-14(7-4-12(17)18)11(16)9-15-6-3-5-13-15/h3,5-6,10H,4,7-9H2,1-2H3,(H,17,18). The van der Waals surface area contributed by atoms with E-state index in [2.05, 4.69) is 5.10 Å². The third-order valence-electron chi connectivity index (χ3n) is 2.39. The molecule has 0 radical (unpaired) electrons. The first-order chi connectivity index (χ1) is 8.49. The summed E-state index contributed by atoms with van der Waals surface area (Å²) in [5.41, 5.74) is 0. The number of aliphatic carboxylic acids is 1. The van der Waals surface area contributed by atoms with Crippen LogP contribution in [-0.2, 0) is 16.1 Å². The molecule has 1 amide bonds. The quantitative estimate of drug-likeness (QED) is 0.781. The number of carboxylic acid groups (broad SMARTS) is 1. The van der Waals surface area contributed by atoms with Crippen molar-refractivity contribution in [1.82, 2.24) is 14.7 Å². The molecule has 0 aromatic carbocycles. The van der Waals surface area contributed by atoms with E-state index in [0.29, 0.717) is 12.5 Å². The molecule has 1 aromatic rings. The van der Waals surface area contributed by atoms with Crippen molar-refractivity contribution >= 4 is 11.9 Å². The fourth-order valence-corrected chi connectivity index (χ4v) is 1.62. The first kappa shape index (κ1) is 14.2. The molecule has 100 valence electrons. The van der Waals surface area contributed by atoms with Crippen LogP contribution in [0.2, 0.25) is 0 Å². The van der Waals surface area contributed by atoms with Crippen LogP contribution in [0.4, 0.5) is 0 Å². The summed E-state index contributed by atoms with van der Waals surface area (Å²) in [5.74, 6) is -0.690. The predicted octanol–water partition coefficient (Wildman–Crippen LogP) is 0.842. The van der Waals surface area contributed by atoms with Crippen LogP contribution in [0, 0.1) is 5.92 Å². The molecule has 1 rings (SSSR count). The topological polar surface area (TPSA) is 75.4 Å². The molecule has 0 saturated carbocycles. The lowest BCUT2D eigenvalue weighted by atomic mass is 10.2. The number of rotatable bonds is 7. The van der Waals surface area contributed by atoms with Crippen molar-refractivity contribution in [2.24, 2.45) is 5.92 Å². The monoisotopic (exact) mass is 253 g/mol. The number of carbonyl (C=O) groups excluding carboxylic acids is 1. The minimum absolute atomic E-state index is 0.0302. The zero-order chi connectivity index (χ0) is 13.5. The smallest absolute Gasteiger partial charge is 0.305 e. The van der Waals surface area contributed by atoms with Gasteiger partial charge in [-0.25, -0.2) is 0 Å². The van der Waals surface area contributed by atoms with E-state index in [-0.39, 0.29) is 25.4 Å². The van der Waals surface area contributed by atoms with Gasteiger partial charge in [-0.05, 0) is 12.0 Å². The van der Waals surface area contributed by atoms with Crippen LogP contribution in [0.5, 0.6) is 0 Å². The normalized spacial score (nSPS) is 10.6. The van der Waals surface area contributed by atoms with Crippen molar-refractivity contribution in [3.05, 3.63) is 18.5 Å². The van der Waals surface area contributed by atoms with Crippen LogP contribution in [0.15, 0.2) is 18.5 Å². The number of aromatic nitrogens is 2. The number of carboxylic acids is 1. The van der Waals surface area contributed by atoms with Crippen LogP contribution in [0.3, 0.4) is 0 Å². The van der Waals surface area contributed by atoms with Gasteiger partial charge in [0, 0.05) is 25.5 Å². The van der Waals surface area contributed by atoms with E-state index in [1.165, 1.54) is 4.68 Å². The van der Waals surface area contributed by atoms with E-state index in [0.717, 1.165) is 0 Å². The fourth-order valence-electron chi connectivity index (χ4n) is 1.62. The van der Waals surface area contributed by atoms with Crippen molar-refractivity contribution in [1.29, 1.82) is 0 Å². The van der Waals surface area contributed by atoms with Gasteiger partial charge in [0.2, 0.25) is 5.91 Å². The zero-order valence-corrected chi connectivity index (χ0v) is 10.7. The maximum Gasteiger partial charge on any atom is 0.305 e. The molecule has 0 aliphatic rings. The molecule has 0 spiro atoms. The Morgan fingerprint density at radius 2 is 2.17 bits per heavy atom. The maximum absolute atomic E-state index is 12.0. The molecule has 0 aliphatic carbocycles. The molecule has 18 heavy (non-hydrogen) atoms. The summed E-state index contributed by atoms with van der Waals surface area (Å²) in [6, 6.07) is 1.75. The minimum Gasteiger partial charge on any atom is -0.481 e. The van der Waals surface area contributed by atoms with Gasteiger partial charge >= 0.3 is 5.97 Å². The van der Waals surface area contributed by atoms with Crippen LogP contribution in [-0.4, -0.2) is 44.8 Å². The first-order valence-electron chi connectivity index (χ1n) is 5.96. The van der Waals surface area contributed by atoms with Crippen molar-refractivity contribution < 1.29 is 14.7 Å². The second-order valence-electron chi connectivity index (χ2n) is 4.58. The van der Waals surface area contributed by atoms with Gasteiger partial charge in [0.05, 0.1) is 6.42 Å². The summed E-state index contributed by atoms with van der Waals surface area (Å²) in [4.78, 5) is 24.2. The molecule has 0 fully saturated rings. The van der Waals surface area contributed by atoms with Gasteiger partial charge < -0.3 is 10.0 Å². The number of nitrogens with zero attached hydrogens (tertiary/aromatic N) is 3. The van der Waals surface area contributed by atoms with Crippen molar-refractivity contribution in [2.75, 3.05) is 13.1 Å². The Bertz CT molecular complexity index is 387. The fraction of sp³-hybridized carbons (Fsp3) is 0.583. The molecule has 0 unspecified atom stereocenters. The summed E-state index contributed by atoms with van der Waals surface area (Å²) < 4.78 is 1.54. The Labute approximate surface area is 106 Å². The summed E-state index contributed by atoms with van der Waals surface area (Å²) in [5, 5.41) is 12.6. The van der Waals surface area contributed by atoms with E-state index in [9.17, 15) is 9.59 Å². The lowest BCUT2D eigenvalue weighted by molar-refractivity contribution is -0.138. The molecule has 1 heterocycles.